The molecule has 0 heterocycles. The van der Waals surface area contributed by atoms with Crippen molar-refractivity contribution in [2.45, 2.75) is 30.2 Å². The van der Waals surface area contributed by atoms with E-state index in [0.29, 0.717) is 11.3 Å². The lowest BCUT2D eigenvalue weighted by Gasteiger charge is -2.11. The van der Waals surface area contributed by atoms with Crippen molar-refractivity contribution >= 4 is 21.6 Å². The van der Waals surface area contributed by atoms with Crippen LogP contribution < -0.4 is 19.5 Å². The number of hydrogen-bond acceptors (Lipinski definition) is 7. The molecular weight excluding hydrogens is 426 g/mol. The molecular formula is C20H23N3O7S. The molecule has 1 amide bonds. The van der Waals surface area contributed by atoms with Gasteiger partial charge in [-0.05, 0) is 43.5 Å². The Balaban J connectivity index is 1.69. The molecule has 0 aliphatic heterocycles. The lowest BCUT2D eigenvalue weighted by atomic mass is 10.1. The van der Waals surface area contributed by atoms with Gasteiger partial charge in [-0.2, -0.15) is 0 Å². The average molecular weight is 449 g/mol. The Bertz CT molecular complexity index is 1100. The topological polar surface area (TPSA) is 137 Å². The summed E-state index contributed by atoms with van der Waals surface area (Å²) in [7, 11) is -0.867. The molecule has 0 unspecified atom stereocenters. The van der Waals surface area contributed by atoms with Gasteiger partial charge in [-0.3, -0.25) is 14.9 Å². The molecule has 1 aliphatic carbocycles. The number of carbonyl (C=O) groups excluding carboxylic acids is 1. The molecule has 0 aromatic heterocycles. The standard InChI is InChI=1S/C20H23N3O7S/c1-29-18-11-13(17(23(25)26)12-19(18)30-2)8-9-21-20(24)14-4-3-5-16(10-14)31(27,28)22-15-6-7-15/h3-5,10-12,15,22H,6-9H2,1-2H3,(H,21,24). The minimum Gasteiger partial charge on any atom is -0.493 e. The number of nitrogens with zero attached hydrogens (tertiary/aromatic N) is 1. The lowest BCUT2D eigenvalue weighted by molar-refractivity contribution is -0.385. The van der Waals surface area contributed by atoms with E-state index < -0.39 is 20.9 Å². The van der Waals surface area contributed by atoms with Crippen molar-refractivity contribution in [2.75, 3.05) is 20.8 Å². The Kier molecular flexibility index (Phi) is 6.76. The van der Waals surface area contributed by atoms with Gasteiger partial charge in [0.05, 0.1) is 30.1 Å². The molecule has 11 heteroatoms. The zero-order chi connectivity index (χ0) is 22.6. The van der Waals surface area contributed by atoms with Crippen molar-refractivity contribution in [3.05, 3.63) is 57.6 Å². The number of nitro benzene ring substituents is 1. The Labute approximate surface area is 179 Å². The average Bonchev–Trinajstić information content (AvgIpc) is 3.56. The van der Waals surface area contributed by atoms with E-state index in [1.165, 1.54) is 50.6 Å². The van der Waals surface area contributed by atoms with Crippen molar-refractivity contribution in [3.8, 4) is 11.5 Å². The molecule has 10 nitrogen and oxygen atoms in total. The van der Waals surface area contributed by atoms with E-state index in [1.807, 2.05) is 0 Å². The van der Waals surface area contributed by atoms with Crippen molar-refractivity contribution in [2.24, 2.45) is 0 Å². The maximum atomic E-state index is 12.5. The zero-order valence-corrected chi connectivity index (χ0v) is 17.9. The highest BCUT2D eigenvalue weighted by atomic mass is 32.2. The van der Waals surface area contributed by atoms with Crippen LogP contribution in [0.1, 0.15) is 28.8 Å². The highest BCUT2D eigenvalue weighted by molar-refractivity contribution is 7.89. The summed E-state index contributed by atoms with van der Waals surface area (Å²) in [6, 6.07) is 8.46. The van der Waals surface area contributed by atoms with E-state index >= 15 is 0 Å². The highest BCUT2D eigenvalue weighted by Gasteiger charge is 2.28. The van der Waals surface area contributed by atoms with Crippen LogP contribution in [0.15, 0.2) is 41.3 Å². The summed E-state index contributed by atoms with van der Waals surface area (Å²) in [6.07, 6.45) is 1.78. The predicted molar refractivity (Wildman–Crippen MR) is 112 cm³/mol. The van der Waals surface area contributed by atoms with Crippen LogP contribution in [-0.2, 0) is 16.4 Å². The number of nitro groups is 1. The van der Waals surface area contributed by atoms with E-state index in [1.54, 1.807) is 0 Å². The van der Waals surface area contributed by atoms with Gasteiger partial charge in [0.15, 0.2) is 11.5 Å². The van der Waals surface area contributed by atoms with Gasteiger partial charge in [0.25, 0.3) is 11.6 Å². The van der Waals surface area contributed by atoms with Crippen molar-refractivity contribution in [3.63, 3.8) is 0 Å². The fourth-order valence-corrected chi connectivity index (χ4v) is 4.34. The third kappa shape index (κ3) is 5.50. The number of nitrogens with one attached hydrogen (secondary N) is 2. The minimum absolute atomic E-state index is 0.0163. The first kappa shape index (κ1) is 22.5. The molecule has 1 saturated carbocycles. The molecule has 2 aromatic rings. The first-order chi connectivity index (χ1) is 14.7. The summed E-state index contributed by atoms with van der Waals surface area (Å²) in [6.45, 7) is 0.104. The molecule has 31 heavy (non-hydrogen) atoms. The summed E-state index contributed by atoms with van der Waals surface area (Å²) >= 11 is 0. The van der Waals surface area contributed by atoms with E-state index in [4.69, 9.17) is 9.47 Å². The van der Waals surface area contributed by atoms with Gasteiger partial charge >= 0.3 is 0 Å². The molecule has 0 spiro atoms. The third-order valence-corrected chi connectivity index (χ3v) is 6.29. The van der Waals surface area contributed by atoms with Crippen LogP contribution in [0.25, 0.3) is 0 Å². The number of carbonyl (C=O) groups is 1. The van der Waals surface area contributed by atoms with Crippen LogP contribution in [0.4, 0.5) is 5.69 Å². The zero-order valence-electron chi connectivity index (χ0n) is 17.1. The van der Waals surface area contributed by atoms with Crippen LogP contribution in [0.5, 0.6) is 11.5 Å². The smallest absolute Gasteiger partial charge is 0.276 e. The van der Waals surface area contributed by atoms with E-state index in [-0.39, 0.29) is 40.9 Å². The van der Waals surface area contributed by atoms with Gasteiger partial charge in [-0.15, -0.1) is 0 Å². The summed E-state index contributed by atoms with van der Waals surface area (Å²) in [5.41, 5.74) is 0.402. The highest BCUT2D eigenvalue weighted by Crippen LogP contribution is 2.34. The van der Waals surface area contributed by atoms with E-state index in [2.05, 4.69) is 10.0 Å². The van der Waals surface area contributed by atoms with Gasteiger partial charge in [-0.1, -0.05) is 6.07 Å². The normalized spacial score (nSPS) is 13.5. The predicted octanol–water partition coefficient (Wildman–Crippen LogP) is 2.03. The second kappa shape index (κ2) is 9.31. The number of methoxy groups -OCH3 is 2. The summed E-state index contributed by atoms with van der Waals surface area (Å²) in [5, 5.41) is 14.0. The Hall–Kier alpha value is -3.18. The van der Waals surface area contributed by atoms with Crippen molar-refractivity contribution in [1.29, 1.82) is 0 Å². The molecule has 3 rings (SSSR count). The monoisotopic (exact) mass is 449 g/mol. The maximum Gasteiger partial charge on any atom is 0.276 e. The lowest BCUT2D eigenvalue weighted by Crippen LogP contribution is -2.28. The summed E-state index contributed by atoms with van der Waals surface area (Å²) in [5.74, 6) is 0.0990. The first-order valence-corrected chi connectivity index (χ1v) is 11.0. The van der Waals surface area contributed by atoms with E-state index in [9.17, 15) is 23.3 Å². The number of rotatable bonds is 10. The van der Waals surface area contributed by atoms with E-state index in [0.717, 1.165) is 12.8 Å². The molecule has 0 bridgehead atoms. The fourth-order valence-electron chi connectivity index (χ4n) is 2.99. The Morgan fingerprint density at radius 1 is 1.16 bits per heavy atom. The van der Waals surface area contributed by atoms with Crippen LogP contribution in [0.2, 0.25) is 0 Å². The van der Waals surface area contributed by atoms with Gasteiger partial charge in [0, 0.05) is 23.7 Å². The largest absolute Gasteiger partial charge is 0.493 e. The maximum absolute atomic E-state index is 12.5. The second-order valence-electron chi connectivity index (χ2n) is 7.02. The molecule has 0 saturated heterocycles. The van der Waals surface area contributed by atoms with Gasteiger partial charge in [0.2, 0.25) is 10.0 Å². The Morgan fingerprint density at radius 2 is 1.84 bits per heavy atom. The number of amides is 1. The van der Waals surface area contributed by atoms with Crippen LogP contribution in [-0.4, -0.2) is 46.1 Å². The van der Waals surface area contributed by atoms with Crippen LogP contribution in [0, 0.1) is 10.1 Å². The SMILES string of the molecule is COc1cc(CCNC(=O)c2cccc(S(=O)(=O)NC3CC3)c2)c([N+](=O)[O-])cc1OC. The Morgan fingerprint density at radius 3 is 2.45 bits per heavy atom. The van der Waals surface area contributed by atoms with Gasteiger partial charge in [-0.25, -0.2) is 13.1 Å². The quantitative estimate of drug-likeness (QED) is 0.418. The molecule has 0 radical (unpaired) electrons. The van der Waals surface area contributed by atoms with Crippen molar-refractivity contribution < 1.29 is 27.6 Å². The molecule has 1 aliphatic rings. The van der Waals surface area contributed by atoms with Gasteiger partial charge in [0.1, 0.15) is 0 Å². The second-order valence-corrected chi connectivity index (χ2v) is 8.74. The van der Waals surface area contributed by atoms with Crippen LogP contribution in [0.3, 0.4) is 0 Å². The van der Waals surface area contributed by atoms with Gasteiger partial charge < -0.3 is 14.8 Å². The number of hydrogen-bond donors (Lipinski definition) is 2. The minimum atomic E-state index is -3.68. The van der Waals surface area contributed by atoms with Crippen LogP contribution >= 0.6 is 0 Å². The molecule has 166 valence electrons. The number of sulfonamides is 1. The number of benzene rings is 2. The fraction of sp³-hybridized carbons (Fsp3) is 0.350. The summed E-state index contributed by atoms with van der Waals surface area (Å²) in [4.78, 5) is 23.4. The first-order valence-electron chi connectivity index (χ1n) is 9.55. The molecule has 2 aromatic carbocycles. The third-order valence-electron chi connectivity index (χ3n) is 4.77. The number of ether oxygens (including phenoxy) is 2. The molecule has 2 N–H and O–H groups in total. The van der Waals surface area contributed by atoms with Crippen molar-refractivity contribution in [1.82, 2.24) is 10.0 Å². The summed E-state index contributed by atoms with van der Waals surface area (Å²) < 4.78 is 37.5. The molecule has 0 atom stereocenters. The molecule has 1 fully saturated rings.